The van der Waals surface area contributed by atoms with Crippen LogP contribution in [0.5, 0.6) is 0 Å². The highest BCUT2D eigenvalue weighted by Crippen LogP contribution is 2.28. The van der Waals surface area contributed by atoms with Crippen LogP contribution >= 0.6 is 0 Å². The maximum atomic E-state index is 12.6. The zero-order valence-corrected chi connectivity index (χ0v) is 15.3. The molecule has 1 aromatic carbocycles. The summed E-state index contributed by atoms with van der Waals surface area (Å²) in [7, 11) is 0. The Kier molecular flexibility index (Phi) is 7.06. The highest BCUT2D eigenvalue weighted by molar-refractivity contribution is 5.82. The quantitative estimate of drug-likeness (QED) is 0.754. The van der Waals surface area contributed by atoms with Crippen molar-refractivity contribution < 1.29 is 19.1 Å². The van der Waals surface area contributed by atoms with Crippen molar-refractivity contribution in [1.29, 1.82) is 0 Å². The number of hydrogen-bond donors (Lipinski definition) is 1. The van der Waals surface area contributed by atoms with E-state index in [2.05, 4.69) is 5.32 Å². The Morgan fingerprint density at radius 1 is 0.962 bits per heavy atom. The third-order valence-corrected chi connectivity index (χ3v) is 5.26. The first-order valence-electron chi connectivity index (χ1n) is 9.89. The molecule has 1 atom stereocenters. The van der Waals surface area contributed by atoms with Gasteiger partial charge in [-0.2, -0.15) is 0 Å². The average molecular weight is 359 g/mol. The van der Waals surface area contributed by atoms with Gasteiger partial charge in [-0.15, -0.1) is 0 Å². The van der Waals surface area contributed by atoms with E-state index in [9.17, 15) is 9.59 Å². The number of rotatable bonds is 7. The fraction of sp³-hybridized carbons (Fsp3) is 0.619. The molecule has 0 aliphatic heterocycles. The molecule has 0 radical (unpaired) electrons. The zero-order valence-electron chi connectivity index (χ0n) is 15.3. The minimum atomic E-state index is -0.762. The van der Waals surface area contributed by atoms with Crippen LogP contribution in [0.2, 0.25) is 0 Å². The van der Waals surface area contributed by atoms with Gasteiger partial charge in [-0.3, -0.25) is 4.79 Å². The number of carbonyl (C=O) groups excluding carboxylic acids is 2. The van der Waals surface area contributed by atoms with E-state index in [1.165, 1.54) is 6.42 Å². The fourth-order valence-corrected chi connectivity index (χ4v) is 3.84. The highest BCUT2D eigenvalue weighted by Gasteiger charge is 2.29. The smallest absolute Gasteiger partial charge is 0.340 e. The minimum absolute atomic E-state index is 0.0869. The Morgan fingerprint density at radius 2 is 1.62 bits per heavy atom. The Hall–Kier alpha value is -1.88. The van der Waals surface area contributed by atoms with E-state index in [1.54, 1.807) is 0 Å². The maximum Gasteiger partial charge on any atom is 0.340 e. The molecule has 2 fully saturated rings. The molecule has 0 aromatic heterocycles. The summed E-state index contributed by atoms with van der Waals surface area (Å²) in [5, 5.41) is 2.97. The predicted octanol–water partition coefficient (Wildman–Crippen LogP) is 3.68. The molecule has 3 rings (SSSR count). The van der Waals surface area contributed by atoms with Crippen molar-refractivity contribution in [3.63, 3.8) is 0 Å². The molecule has 2 aliphatic rings. The fourth-order valence-electron chi connectivity index (χ4n) is 3.84. The van der Waals surface area contributed by atoms with Gasteiger partial charge in [0.1, 0.15) is 0 Å². The summed E-state index contributed by atoms with van der Waals surface area (Å²) in [6.45, 7) is -0.243. The van der Waals surface area contributed by atoms with Crippen LogP contribution in [-0.4, -0.2) is 30.6 Å². The number of nitrogens with one attached hydrogen (secondary N) is 1. The van der Waals surface area contributed by atoms with Crippen LogP contribution in [0.3, 0.4) is 0 Å². The van der Waals surface area contributed by atoms with Gasteiger partial charge in [0.2, 0.25) is 0 Å². The monoisotopic (exact) mass is 359 g/mol. The predicted molar refractivity (Wildman–Crippen MR) is 98.5 cm³/mol. The molecule has 142 valence electrons. The first-order valence-corrected chi connectivity index (χ1v) is 9.89. The maximum absolute atomic E-state index is 12.6. The Balaban J connectivity index is 1.53. The average Bonchev–Trinajstić information content (AvgIpc) is 3.19. The van der Waals surface area contributed by atoms with Gasteiger partial charge in [0.25, 0.3) is 5.91 Å². The van der Waals surface area contributed by atoms with E-state index in [0.29, 0.717) is 0 Å². The van der Waals surface area contributed by atoms with Crippen LogP contribution in [0.15, 0.2) is 30.3 Å². The van der Waals surface area contributed by atoms with Crippen LogP contribution in [-0.2, 0) is 19.1 Å². The van der Waals surface area contributed by atoms with E-state index < -0.39 is 12.1 Å². The van der Waals surface area contributed by atoms with Crippen LogP contribution in [0.25, 0.3) is 0 Å². The summed E-state index contributed by atoms with van der Waals surface area (Å²) in [4.78, 5) is 24.7. The number of carbonyl (C=O) groups is 2. The summed E-state index contributed by atoms with van der Waals surface area (Å²) < 4.78 is 11.3. The van der Waals surface area contributed by atoms with Crippen molar-refractivity contribution in [2.24, 2.45) is 0 Å². The first-order chi connectivity index (χ1) is 12.7. The summed E-state index contributed by atoms with van der Waals surface area (Å²) in [5.41, 5.74) is 0.775. The molecule has 5 nitrogen and oxygen atoms in total. The number of benzene rings is 1. The van der Waals surface area contributed by atoms with Gasteiger partial charge >= 0.3 is 5.97 Å². The van der Waals surface area contributed by atoms with Gasteiger partial charge in [0.15, 0.2) is 12.7 Å². The van der Waals surface area contributed by atoms with Crippen LogP contribution in [0, 0.1) is 0 Å². The minimum Gasteiger partial charge on any atom is -0.453 e. The van der Waals surface area contributed by atoms with Gasteiger partial charge in [-0.25, -0.2) is 4.79 Å². The topological polar surface area (TPSA) is 64.6 Å². The summed E-state index contributed by atoms with van der Waals surface area (Å²) in [5.74, 6) is -0.708. The lowest BCUT2D eigenvalue weighted by molar-refractivity contribution is -0.164. The van der Waals surface area contributed by atoms with Gasteiger partial charge in [-0.1, -0.05) is 62.4 Å². The van der Waals surface area contributed by atoms with E-state index in [0.717, 1.165) is 56.9 Å². The second-order valence-electron chi connectivity index (χ2n) is 7.34. The van der Waals surface area contributed by atoms with Crippen molar-refractivity contribution in [2.45, 2.75) is 76.0 Å². The van der Waals surface area contributed by atoms with Crippen molar-refractivity contribution >= 4 is 11.9 Å². The summed E-state index contributed by atoms with van der Waals surface area (Å²) >= 11 is 0. The standard InChI is InChI=1S/C21H29NO4/c23-19(22-17-11-5-2-6-12-17)15-25-21(24)20(16-9-3-1-4-10-16)26-18-13-7-8-14-18/h1,3-4,9-10,17-18,20H,2,5-8,11-15H2,(H,22,23). The Bertz CT molecular complexity index is 577. The number of ether oxygens (including phenoxy) is 2. The van der Waals surface area contributed by atoms with Gasteiger partial charge in [0.05, 0.1) is 6.10 Å². The SMILES string of the molecule is O=C(COC(=O)C(OC1CCCC1)c1ccccc1)NC1CCCCC1. The molecule has 2 saturated carbocycles. The molecule has 26 heavy (non-hydrogen) atoms. The second kappa shape index (κ2) is 9.72. The second-order valence-corrected chi connectivity index (χ2v) is 7.34. The van der Waals surface area contributed by atoms with Crippen LogP contribution in [0.4, 0.5) is 0 Å². The molecule has 1 aromatic rings. The highest BCUT2D eigenvalue weighted by atomic mass is 16.6. The van der Waals surface area contributed by atoms with Gasteiger partial charge in [0, 0.05) is 6.04 Å². The summed E-state index contributed by atoms with van der Waals surface area (Å²) in [6.07, 6.45) is 9.08. The van der Waals surface area contributed by atoms with E-state index in [4.69, 9.17) is 9.47 Å². The molecule has 0 saturated heterocycles. The molecule has 1 amide bonds. The molecule has 2 aliphatic carbocycles. The molecule has 0 spiro atoms. The van der Waals surface area contributed by atoms with Gasteiger partial charge < -0.3 is 14.8 Å². The normalized spacial score (nSPS) is 19.8. The first kappa shape index (κ1) is 18.9. The molecule has 0 bridgehead atoms. The Labute approximate surface area is 155 Å². The lowest BCUT2D eigenvalue weighted by Gasteiger charge is -2.23. The van der Waals surface area contributed by atoms with Crippen molar-refractivity contribution in [2.75, 3.05) is 6.61 Å². The molecule has 1 unspecified atom stereocenters. The third-order valence-electron chi connectivity index (χ3n) is 5.26. The van der Waals surface area contributed by atoms with Crippen molar-refractivity contribution in [3.05, 3.63) is 35.9 Å². The lowest BCUT2D eigenvalue weighted by Crippen LogP contribution is -2.39. The molecule has 0 heterocycles. The number of amides is 1. The molecule has 5 heteroatoms. The summed E-state index contributed by atoms with van der Waals surface area (Å²) in [6, 6.07) is 9.60. The van der Waals surface area contributed by atoms with Gasteiger partial charge in [-0.05, 0) is 31.2 Å². The number of hydrogen-bond acceptors (Lipinski definition) is 4. The number of esters is 1. The zero-order chi connectivity index (χ0) is 18.2. The third kappa shape index (κ3) is 5.56. The lowest BCUT2D eigenvalue weighted by atomic mass is 9.95. The molecule has 1 N–H and O–H groups in total. The molecular weight excluding hydrogens is 330 g/mol. The van der Waals surface area contributed by atoms with Crippen LogP contribution in [0.1, 0.15) is 69.5 Å². The molecular formula is C21H29NO4. The van der Waals surface area contributed by atoms with E-state index in [-0.39, 0.29) is 24.7 Å². The Morgan fingerprint density at radius 3 is 2.31 bits per heavy atom. The van der Waals surface area contributed by atoms with Crippen LogP contribution < -0.4 is 5.32 Å². The largest absolute Gasteiger partial charge is 0.453 e. The van der Waals surface area contributed by atoms with Crippen molar-refractivity contribution in [1.82, 2.24) is 5.32 Å². The van der Waals surface area contributed by atoms with E-state index in [1.807, 2.05) is 30.3 Å². The van der Waals surface area contributed by atoms with Crippen molar-refractivity contribution in [3.8, 4) is 0 Å². The van der Waals surface area contributed by atoms with E-state index >= 15 is 0 Å².